The highest BCUT2D eigenvalue weighted by molar-refractivity contribution is 5.94. The van der Waals surface area contributed by atoms with Crippen molar-refractivity contribution in [2.45, 2.75) is 20.3 Å². The number of anilines is 1. The first-order valence-electron chi connectivity index (χ1n) is 6.53. The van der Waals surface area contributed by atoms with E-state index in [0.29, 0.717) is 24.3 Å². The summed E-state index contributed by atoms with van der Waals surface area (Å²) in [5.41, 5.74) is 2.67. The monoisotopic (exact) mass is 274 g/mol. The molecular formula is C15H18N2O3. The van der Waals surface area contributed by atoms with Gasteiger partial charge in [-0.3, -0.25) is 0 Å². The minimum Gasteiger partial charge on any atom is -0.478 e. The number of hydrogen-bond acceptors (Lipinski definition) is 2. The second-order valence-corrected chi connectivity index (χ2v) is 5.01. The van der Waals surface area contributed by atoms with Crippen LogP contribution in [-0.2, 0) is 0 Å². The Hall–Kier alpha value is -2.30. The molecule has 2 rings (SSSR count). The summed E-state index contributed by atoms with van der Waals surface area (Å²) in [5, 5.41) is 11.8. The van der Waals surface area contributed by atoms with E-state index in [-0.39, 0.29) is 11.6 Å². The van der Waals surface area contributed by atoms with Crippen molar-refractivity contribution in [3.8, 4) is 0 Å². The summed E-state index contributed by atoms with van der Waals surface area (Å²) in [7, 11) is 0. The van der Waals surface area contributed by atoms with E-state index in [1.807, 2.05) is 13.0 Å². The Kier molecular flexibility index (Phi) is 4.08. The van der Waals surface area contributed by atoms with E-state index in [4.69, 9.17) is 5.11 Å². The number of carbonyl (C=O) groups is 2. The van der Waals surface area contributed by atoms with Crippen molar-refractivity contribution in [3.05, 3.63) is 41.0 Å². The van der Waals surface area contributed by atoms with Crippen LogP contribution in [0.15, 0.2) is 29.8 Å². The maximum absolute atomic E-state index is 12.1. The molecule has 106 valence electrons. The number of urea groups is 1. The summed E-state index contributed by atoms with van der Waals surface area (Å²) >= 11 is 0. The van der Waals surface area contributed by atoms with Crippen molar-refractivity contribution in [1.82, 2.24) is 4.90 Å². The highest BCUT2D eigenvalue weighted by atomic mass is 16.4. The largest absolute Gasteiger partial charge is 0.478 e. The highest BCUT2D eigenvalue weighted by Gasteiger charge is 2.16. The van der Waals surface area contributed by atoms with E-state index in [9.17, 15) is 9.59 Å². The molecule has 5 nitrogen and oxygen atoms in total. The zero-order chi connectivity index (χ0) is 14.7. The molecule has 0 fully saturated rings. The van der Waals surface area contributed by atoms with Crippen LogP contribution in [0.2, 0.25) is 0 Å². The van der Waals surface area contributed by atoms with Crippen LogP contribution >= 0.6 is 0 Å². The molecule has 0 bridgehead atoms. The molecule has 1 aromatic rings. The highest BCUT2D eigenvalue weighted by Crippen LogP contribution is 2.17. The SMILES string of the molecule is CC1=CCN(C(=O)Nc2ccc(C)c(C(=O)O)c2)CC1. The molecule has 20 heavy (non-hydrogen) atoms. The van der Waals surface area contributed by atoms with Gasteiger partial charge in [-0.1, -0.05) is 17.7 Å². The Morgan fingerprint density at radius 3 is 2.65 bits per heavy atom. The van der Waals surface area contributed by atoms with E-state index in [1.54, 1.807) is 24.0 Å². The van der Waals surface area contributed by atoms with Gasteiger partial charge in [0.15, 0.2) is 0 Å². The molecule has 0 unspecified atom stereocenters. The lowest BCUT2D eigenvalue weighted by atomic mass is 10.1. The summed E-state index contributed by atoms with van der Waals surface area (Å²) < 4.78 is 0. The van der Waals surface area contributed by atoms with Crippen LogP contribution < -0.4 is 5.32 Å². The summed E-state index contributed by atoms with van der Waals surface area (Å²) in [6.45, 7) is 5.06. The molecule has 0 spiro atoms. The molecule has 1 aliphatic rings. The number of carboxylic acids is 1. The molecule has 2 amide bonds. The lowest BCUT2D eigenvalue weighted by Crippen LogP contribution is -2.37. The Morgan fingerprint density at radius 2 is 2.05 bits per heavy atom. The molecule has 0 aliphatic carbocycles. The maximum Gasteiger partial charge on any atom is 0.336 e. The molecule has 2 N–H and O–H groups in total. The molecule has 1 aliphatic heterocycles. The minimum absolute atomic E-state index is 0.200. The number of hydrogen-bond donors (Lipinski definition) is 2. The van der Waals surface area contributed by atoms with Gasteiger partial charge in [0.2, 0.25) is 0 Å². The summed E-state index contributed by atoms with van der Waals surface area (Å²) in [6.07, 6.45) is 2.91. The first-order chi connectivity index (χ1) is 9.47. The second kappa shape index (κ2) is 5.77. The smallest absolute Gasteiger partial charge is 0.336 e. The van der Waals surface area contributed by atoms with Gasteiger partial charge in [0.25, 0.3) is 0 Å². The third kappa shape index (κ3) is 3.17. The standard InChI is InChI=1S/C15H18N2O3/c1-10-5-7-17(8-6-10)15(20)16-12-4-3-11(2)13(9-12)14(18)19/h3-5,9H,6-8H2,1-2H3,(H,16,20)(H,18,19). The van der Waals surface area contributed by atoms with E-state index in [2.05, 4.69) is 5.32 Å². The number of aromatic carboxylic acids is 1. The van der Waals surface area contributed by atoms with Crippen molar-refractivity contribution in [1.29, 1.82) is 0 Å². The van der Waals surface area contributed by atoms with E-state index < -0.39 is 5.97 Å². The number of benzene rings is 1. The zero-order valence-electron chi connectivity index (χ0n) is 11.6. The number of rotatable bonds is 2. The Balaban J connectivity index is 2.08. The van der Waals surface area contributed by atoms with Crippen molar-refractivity contribution in [2.75, 3.05) is 18.4 Å². The van der Waals surface area contributed by atoms with Crippen molar-refractivity contribution < 1.29 is 14.7 Å². The Morgan fingerprint density at radius 1 is 1.30 bits per heavy atom. The third-order valence-corrected chi connectivity index (χ3v) is 3.44. The molecule has 1 heterocycles. The number of nitrogens with zero attached hydrogens (tertiary/aromatic N) is 1. The molecule has 0 saturated carbocycles. The third-order valence-electron chi connectivity index (χ3n) is 3.44. The number of amides is 2. The molecule has 0 saturated heterocycles. The second-order valence-electron chi connectivity index (χ2n) is 5.01. The van der Waals surface area contributed by atoms with Crippen LogP contribution in [-0.4, -0.2) is 35.1 Å². The van der Waals surface area contributed by atoms with Gasteiger partial charge in [-0.25, -0.2) is 9.59 Å². The van der Waals surface area contributed by atoms with Gasteiger partial charge in [-0.2, -0.15) is 0 Å². The predicted molar refractivity (Wildman–Crippen MR) is 77.1 cm³/mol. The fourth-order valence-electron chi connectivity index (χ4n) is 2.09. The average Bonchev–Trinajstić information content (AvgIpc) is 2.41. The summed E-state index contributed by atoms with van der Waals surface area (Å²) in [6, 6.07) is 4.69. The van der Waals surface area contributed by atoms with E-state index in [1.165, 1.54) is 11.6 Å². The molecule has 0 radical (unpaired) electrons. The van der Waals surface area contributed by atoms with Crippen molar-refractivity contribution >= 4 is 17.7 Å². The molecular weight excluding hydrogens is 256 g/mol. The first-order valence-corrected chi connectivity index (χ1v) is 6.53. The van der Waals surface area contributed by atoms with Gasteiger partial charge < -0.3 is 15.3 Å². The molecule has 5 heteroatoms. The van der Waals surface area contributed by atoms with Gasteiger partial charge in [-0.15, -0.1) is 0 Å². The van der Waals surface area contributed by atoms with Crippen molar-refractivity contribution in [2.24, 2.45) is 0 Å². The number of aryl methyl sites for hydroxylation is 1. The van der Waals surface area contributed by atoms with Crippen LogP contribution in [0.4, 0.5) is 10.5 Å². The minimum atomic E-state index is -0.991. The normalized spacial score (nSPS) is 14.7. The van der Waals surface area contributed by atoms with E-state index >= 15 is 0 Å². The fraction of sp³-hybridized carbons (Fsp3) is 0.333. The average molecular weight is 274 g/mol. The fourth-order valence-corrected chi connectivity index (χ4v) is 2.09. The number of carboxylic acid groups (broad SMARTS) is 1. The van der Waals surface area contributed by atoms with Gasteiger partial charge in [-0.05, 0) is 38.0 Å². The van der Waals surface area contributed by atoms with Crippen LogP contribution in [0.1, 0.15) is 29.3 Å². The van der Waals surface area contributed by atoms with Crippen LogP contribution in [0.25, 0.3) is 0 Å². The predicted octanol–water partition coefficient (Wildman–Crippen LogP) is 2.88. The van der Waals surface area contributed by atoms with Crippen LogP contribution in [0.3, 0.4) is 0 Å². The first kappa shape index (κ1) is 14.1. The quantitative estimate of drug-likeness (QED) is 0.815. The topological polar surface area (TPSA) is 69.6 Å². The van der Waals surface area contributed by atoms with Crippen LogP contribution in [0, 0.1) is 6.92 Å². The number of carbonyl (C=O) groups excluding carboxylic acids is 1. The van der Waals surface area contributed by atoms with Crippen LogP contribution in [0.5, 0.6) is 0 Å². The zero-order valence-corrected chi connectivity index (χ0v) is 11.6. The van der Waals surface area contributed by atoms with E-state index in [0.717, 1.165) is 6.42 Å². The lowest BCUT2D eigenvalue weighted by molar-refractivity contribution is 0.0696. The summed E-state index contributed by atoms with van der Waals surface area (Å²) in [4.78, 5) is 24.8. The molecule has 0 atom stereocenters. The molecule has 1 aromatic carbocycles. The number of nitrogens with one attached hydrogen (secondary N) is 1. The van der Waals surface area contributed by atoms with Gasteiger partial charge in [0.05, 0.1) is 5.56 Å². The Bertz CT molecular complexity index is 578. The van der Waals surface area contributed by atoms with Gasteiger partial charge in [0, 0.05) is 18.8 Å². The summed E-state index contributed by atoms with van der Waals surface area (Å²) in [5.74, 6) is -0.991. The van der Waals surface area contributed by atoms with Gasteiger partial charge in [0.1, 0.15) is 0 Å². The maximum atomic E-state index is 12.1. The van der Waals surface area contributed by atoms with Gasteiger partial charge >= 0.3 is 12.0 Å². The lowest BCUT2D eigenvalue weighted by Gasteiger charge is -2.25. The molecule has 0 aromatic heterocycles. The Labute approximate surface area is 117 Å². The van der Waals surface area contributed by atoms with Crippen molar-refractivity contribution in [3.63, 3.8) is 0 Å².